The zero-order valence-electron chi connectivity index (χ0n) is 10.9. The van der Waals surface area contributed by atoms with E-state index in [0.29, 0.717) is 18.1 Å². The Bertz CT molecular complexity index is 522. The second kappa shape index (κ2) is 6.10. The molecule has 2 rings (SSSR count). The molecule has 1 N–H and O–H groups in total. The third-order valence-electron chi connectivity index (χ3n) is 2.54. The lowest BCUT2D eigenvalue weighted by Gasteiger charge is -2.12. The van der Waals surface area contributed by atoms with E-state index >= 15 is 0 Å². The highest BCUT2D eigenvalue weighted by atomic mass is 16.5. The number of anilines is 1. The number of ether oxygens (including phenoxy) is 1. The van der Waals surface area contributed by atoms with Crippen LogP contribution in [-0.4, -0.2) is 33.4 Å². The van der Waals surface area contributed by atoms with Crippen molar-refractivity contribution < 1.29 is 9.53 Å². The van der Waals surface area contributed by atoms with E-state index in [2.05, 4.69) is 15.4 Å². The Morgan fingerprint density at radius 2 is 2.37 bits per heavy atom. The van der Waals surface area contributed by atoms with Crippen molar-refractivity contribution in [1.29, 1.82) is 0 Å². The van der Waals surface area contributed by atoms with Crippen LogP contribution in [0, 0.1) is 0 Å². The van der Waals surface area contributed by atoms with Gasteiger partial charge in [0.15, 0.2) is 5.82 Å². The third-order valence-corrected chi connectivity index (χ3v) is 2.54. The van der Waals surface area contributed by atoms with Gasteiger partial charge in [0, 0.05) is 19.0 Å². The van der Waals surface area contributed by atoms with Gasteiger partial charge in [-0.1, -0.05) is 0 Å². The first-order valence-corrected chi connectivity index (χ1v) is 6.09. The lowest BCUT2D eigenvalue weighted by atomic mass is 10.3. The molecule has 0 aliphatic carbocycles. The summed E-state index contributed by atoms with van der Waals surface area (Å²) < 4.78 is 6.86. The maximum atomic E-state index is 11.7. The van der Waals surface area contributed by atoms with E-state index in [0.717, 1.165) is 0 Å². The number of rotatable bonds is 5. The molecular weight excluding hydrogens is 244 g/mol. The Morgan fingerprint density at radius 1 is 1.53 bits per heavy atom. The van der Waals surface area contributed by atoms with Crippen molar-refractivity contribution in [2.24, 2.45) is 0 Å². The number of aromatic nitrogens is 3. The normalized spacial score (nSPS) is 12.1. The molecule has 2 aromatic heterocycles. The van der Waals surface area contributed by atoms with Crippen LogP contribution < -0.4 is 5.32 Å². The summed E-state index contributed by atoms with van der Waals surface area (Å²) in [4.78, 5) is 16.0. The first-order chi connectivity index (χ1) is 9.20. The maximum Gasteiger partial charge on any atom is 0.253 e. The molecule has 0 spiro atoms. The number of pyridine rings is 1. The van der Waals surface area contributed by atoms with E-state index in [1.165, 1.54) is 0 Å². The summed E-state index contributed by atoms with van der Waals surface area (Å²) in [6.07, 6.45) is 4.60. The summed E-state index contributed by atoms with van der Waals surface area (Å²) in [5.41, 5.74) is 0.632. The van der Waals surface area contributed by atoms with E-state index < -0.39 is 6.10 Å². The lowest BCUT2D eigenvalue weighted by Crippen LogP contribution is -2.27. The molecule has 100 valence electrons. The maximum absolute atomic E-state index is 11.7. The number of nitrogens with zero attached hydrogens (tertiary/aromatic N) is 3. The molecule has 0 aromatic carbocycles. The smallest absolute Gasteiger partial charge is 0.253 e. The summed E-state index contributed by atoms with van der Waals surface area (Å²) in [7, 11) is 0. The third kappa shape index (κ3) is 3.38. The minimum absolute atomic E-state index is 0.185. The molecule has 0 aliphatic heterocycles. The highest BCUT2D eigenvalue weighted by Gasteiger charge is 2.12. The van der Waals surface area contributed by atoms with Crippen molar-refractivity contribution in [3.05, 3.63) is 36.8 Å². The van der Waals surface area contributed by atoms with Crippen LogP contribution in [0.5, 0.6) is 0 Å². The van der Waals surface area contributed by atoms with E-state index in [1.54, 1.807) is 42.3 Å². The minimum atomic E-state index is -0.476. The largest absolute Gasteiger partial charge is 0.369 e. The monoisotopic (exact) mass is 260 g/mol. The summed E-state index contributed by atoms with van der Waals surface area (Å²) in [6, 6.07) is 5.38. The van der Waals surface area contributed by atoms with Crippen LogP contribution in [0.4, 0.5) is 5.69 Å². The number of hydrogen-bond donors (Lipinski definition) is 1. The summed E-state index contributed by atoms with van der Waals surface area (Å²) in [6.45, 7) is 4.07. The summed E-state index contributed by atoms with van der Waals surface area (Å²) in [5, 5.41) is 6.82. The molecule has 0 bridgehead atoms. The summed E-state index contributed by atoms with van der Waals surface area (Å²) >= 11 is 0. The Hall–Kier alpha value is -2.21. The molecule has 2 aromatic rings. The van der Waals surface area contributed by atoms with Gasteiger partial charge in [0.25, 0.3) is 5.91 Å². The minimum Gasteiger partial charge on any atom is -0.369 e. The predicted molar refractivity (Wildman–Crippen MR) is 71.1 cm³/mol. The predicted octanol–water partition coefficient (Wildman–Crippen LogP) is 1.63. The zero-order chi connectivity index (χ0) is 13.7. The molecule has 0 saturated heterocycles. The molecule has 0 aliphatic rings. The van der Waals surface area contributed by atoms with Crippen LogP contribution in [0.1, 0.15) is 13.8 Å². The molecule has 6 heteroatoms. The summed E-state index contributed by atoms with van der Waals surface area (Å²) in [5.74, 6) is 0.511. The van der Waals surface area contributed by atoms with Crippen LogP contribution in [0.2, 0.25) is 0 Å². The quantitative estimate of drug-likeness (QED) is 0.887. The molecule has 0 fully saturated rings. The fraction of sp³-hybridized carbons (Fsp3) is 0.308. The fourth-order valence-electron chi connectivity index (χ4n) is 1.57. The number of amides is 1. The van der Waals surface area contributed by atoms with Crippen LogP contribution in [0.15, 0.2) is 36.8 Å². The molecule has 1 atom stereocenters. The van der Waals surface area contributed by atoms with Gasteiger partial charge >= 0.3 is 0 Å². The Kier molecular flexibility index (Phi) is 4.25. The van der Waals surface area contributed by atoms with Gasteiger partial charge in [-0.2, -0.15) is 5.10 Å². The van der Waals surface area contributed by atoms with Crippen molar-refractivity contribution in [3.63, 3.8) is 0 Å². The molecule has 0 radical (unpaired) electrons. The van der Waals surface area contributed by atoms with Crippen LogP contribution in [0.3, 0.4) is 0 Å². The molecule has 1 amide bonds. The van der Waals surface area contributed by atoms with Crippen molar-refractivity contribution in [2.45, 2.75) is 20.0 Å². The molecule has 0 saturated carbocycles. The van der Waals surface area contributed by atoms with Crippen molar-refractivity contribution in [2.75, 3.05) is 11.9 Å². The average molecular weight is 260 g/mol. The average Bonchev–Trinajstić information content (AvgIpc) is 2.94. The van der Waals surface area contributed by atoms with Gasteiger partial charge in [-0.25, -0.2) is 9.67 Å². The van der Waals surface area contributed by atoms with Gasteiger partial charge in [-0.3, -0.25) is 4.79 Å². The number of nitrogens with one attached hydrogen (secondary N) is 1. The van der Waals surface area contributed by atoms with E-state index in [9.17, 15) is 4.79 Å². The number of carbonyl (C=O) groups excluding carboxylic acids is 1. The Morgan fingerprint density at radius 3 is 2.95 bits per heavy atom. The Balaban J connectivity index is 2.01. The van der Waals surface area contributed by atoms with Gasteiger partial charge in [0.2, 0.25) is 0 Å². The van der Waals surface area contributed by atoms with Crippen molar-refractivity contribution in [1.82, 2.24) is 14.8 Å². The molecule has 19 heavy (non-hydrogen) atoms. The molecule has 6 nitrogen and oxygen atoms in total. The van der Waals surface area contributed by atoms with Crippen LogP contribution in [0.25, 0.3) is 5.82 Å². The van der Waals surface area contributed by atoms with E-state index in [4.69, 9.17) is 4.74 Å². The standard InChI is InChI=1S/C13H16N4O2/c1-3-19-10(2)13(18)16-11-5-6-12(14-9-11)17-8-4-7-15-17/h4-10H,3H2,1-2H3,(H,16,18). The van der Waals surface area contributed by atoms with Crippen LogP contribution in [-0.2, 0) is 9.53 Å². The number of hydrogen-bond acceptors (Lipinski definition) is 4. The van der Waals surface area contributed by atoms with Gasteiger partial charge in [0.1, 0.15) is 6.10 Å². The second-order valence-electron chi connectivity index (χ2n) is 3.94. The highest BCUT2D eigenvalue weighted by molar-refractivity contribution is 5.93. The van der Waals surface area contributed by atoms with Crippen molar-refractivity contribution in [3.8, 4) is 5.82 Å². The van der Waals surface area contributed by atoms with Gasteiger partial charge in [-0.15, -0.1) is 0 Å². The van der Waals surface area contributed by atoms with Crippen LogP contribution >= 0.6 is 0 Å². The van der Waals surface area contributed by atoms with Gasteiger partial charge in [-0.05, 0) is 32.0 Å². The molecule has 1 unspecified atom stereocenters. The first kappa shape index (κ1) is 13.2. The lowest BCUT2D eigenvalue weighted by molar-refractivity contribution is -0.126. The van der Waals surface area contributed by atoms with E-state index in [-0.39, 0.29) is 5.91 Å². The van der Waals surface area contributed by atoms with Gasteiger partial charge < -0.3 is 10.1 Å². The Labute approximate surface area is 111 Å². The first-order valence-electron chi connectivity index (χ1n) is 6.09. The fourth-order valence-corrected chi connectivity index (χ4v) is 1.57. The van der Waals surface area contributed by atoms with E-state index in [1.807, 2.05) is 13.0 Å². The molecule has 2 heterocycles. The second-order valence-corrected chi connectivity index (χ2v) is 3.94. The number of carbonyl (C=O) groups is 1. The zero-order valence-corrected chi connectivity index (χ0v) is 10.9. The van der Waals surface area contributed by atoms with Crippen molar-refractivity contribution >= 4 is 11.6 Å². The molecular formula is C13H16N4O2. The topological polar surface area (TPSA) is 69.0 Å². The highest BCUT2D eigenvalue weighted by Crippen LogP contribution is 2.09. The van der Waals surface area contributed by atoms with Gasteiger partial charge in [0.05, 0.1) is 11.9 Å². The SMILES string of the molecule is CCOC(C)C(=O)Nc1ccc(-n2cccn2)nc1.